The highest BCUT2D eigenvalue weighted by molar-refractivity contribution is 8.01. The second kappa shape index (κ2) is 5.90. The maximum atomic E-state index is 5.14. The lowest BCUT2D eigenvalue weighted by Crippen LogP contribution is -2.16. The predicted octanol–water partition coefficient (Wildman–Crippen LogP) is 2.61. The van der Waals surface area contributed by atoms with Crippen molar-refractivity contribution in [2.24, 2.45) is 0 Å². The van der Waals surface area contributed by atoms with Gasteiger partial charge in [0.2, 0.25) is 0 Å². The molecule has 0 aliphatic heterocycles. The van der Waals surface area contributed by atoms with Crippen LogP contribution in [0.25, 0.3) is 10.2 Å². The number of benzene rings is 1. The topological polar surface area (TPSA) is 24.9 Å². The summed E-state index contributed by atoms with van der Waals surface area (Å²) in [5.74, 6) is 3.56. The fraction of sp³-hybridized carbons (Fsp3) is 0.250. The Morgan fingerprint density at radius 2 is 2.31 bits per heavy atom. The van der Waals surface area contributed by atoms with Crippen LogP contribution in [-0.4, -0.2) is 23.8 Å². The molecule has 0 aliphatic rings. The lowest BCUT2D eigenvalue weighted by Gasteiger charge is -1.97. The third kappa shape index (κ3) is 2.99. The van der Waals surface area contributed by atoms with Gasteiger partial charge in [0, 0.05) is 12.3 Å². The van der Waals surface area contributed by atoms with Crippen molar-refractivity contribution in [2.75, 3.05) is 18.8 Å². The molecule has 0 atom stereocenters. The summed E-state index contributed by atoms with van der Waals surface area (Å²) in [5, 5.41) is 3.16. The summed E-state index contributed by atoms with van der Waals surface area (Å²) in [6.45, 7) is 1.56. The predicted molar refractivity (Wildman–Crippen MR) is 72.0 cm³/mol. The van der Waals surface area contributed by atoms with Crippen molar-refractivity contribution in [1.82, 2.24) is 10.3 Å². The molecule has 1 aromatic carbocycles. The zero-order valence-corrected chi connectivity index (χ0v) is 10.4. The van der Waals surface area contributed by atoms with Crippen LogP contribution in [0.5, 0.6) is 0 Å². The molecule has 2 rings (SSSR count). The molecule has 0 radical (unpaired) electrons. The van der Waals surface area contributed by atoms with Gasteiger partial charge >= 0.3 is 0 Å². The van der Waals surface area contributed by atoms with Crippen LogP contribution in [0.4, 0.5) is 0 Å². The standard InChI is InChI=1S/C12H12N2S2/c1-2-7-13-8-9-15-12-14-10-5-3-4-6-11(10)16-12/h1,3-6,13H,7-9H2. The molecular formula is C12H12N2S2. The Hall–Kier alpha value is -1.02. The number of hydrogen-bond donors (Lipinski definition) is 1. The molecule has 0 bridgehead atoms. The molecule has 0 fully saturated rings. The van der Waals surface area contributed by atoms with Gasteiger partial charge in [-0.05, 0) is 12.1 Å². The van der Waals surface area contributed by atoms with Crippen molar-refractivity contribution in [1.29, 1.82) is 0 Å². The van der Waals surface area contributed by atoms with Crippen LogP contribution >= 0.6 is 23.1 Å². The first-order chi connectivity index (χ1) is 7.90. The Kier molecular flexibility index (Phi) is 4.23. The van der Waals surface area contributed by atoms with Gasteiger partial charge in [0.25, 0.3) is 0 Å². The summed E-state index contributed by atoms with van der Waals surface area (Å²) in [5.41, 5.74) is 1.09. The largest absolute Gasteiger partial charge is 0.305 e. The van der Waals surface area contributed by atoms with E-state index >= 15 is 0 Å². The highest BCUT2D eigenvalue weighted by Gasteiger charge is 2.02. The van der Waals surface area contributed by atoms with Gasteiger partial charge in [-0.1, -0.05) is 29.8 Å². The summed E-state index contributed by atoms with van der Waals surface area (Å²) < 4.78 is 2.38. The van der Waals surface area contributed by atoms with Gasteiger partial charge in [0.1, 0.15) is 0 Å². The maximum Gasteiger partial charge on any atom is 0.151 e. The number of nitrogens with zero attached hydrogens (tertiary/aromatic N) is 1. The third-order valence-electron chi connectivity index (χ3n) is 2.01. The van der Waals surface area contributed by atoms with E-state index in [1.54, 1.807) is 23.1 Å². The van der Waals surface area contributed by atoms with E-state index in [-0.39, 0.29) is 0 Å². The quantitative estimate of drug-likeness (QED) is 0.500. The molecule has 0 saturated carbocycles. The van der Waals surface area contributed by atoms with E-state index in [4.69, 9.17) is 6.42 Å². The number of rotatable bonds is 5. The first-order valence-corrected chi connectivity index (χ1v) is 6.83. The minimum absolute atomic E-state index is 0.639. The van der Waals surface area contributed by atoms with Crippen LogP contribution in [0.1, 0.15) is 0 Å². The van der Waals surface area contributed by atoms with Crippen molar-refractivity contribution < 1.29 is 0 Å². The molecule has 0 unspecified atom stereocenters. The summed E-state index contributed by atoms with van der Waals surface area (Å²) in [6.07, 6.45) is 5.14. The molecule has 16 heavy (non-hydrogen) atoms. The number of thiazole rings is 1. The fourth-order valence-electron chi connectivity index (χ4n) is 1.28. The normalized spacial score (nSPS) is 10.4. The SMILES string of the molecule is C#CCNCCSc1nc2ccccc2s1. The number of terminal acetylenes is 1. The van der Waals surface area contributed by atoms with Gasteiger partial charge in [0.15, 0.2) is 4.34 Å². The van der Waals surface area contributed by atoms with Crippen LogP contribution in [0.15, 0.2) is 28.6 Å². The fourth-order valence-corrected chi connectivity index (χ4v) is 3.32. The van der Waals surface area contributed by atoms with Crippen LogP contribution < -0.4 is 5.32 Å². The Bertz CT molecular complexity index is 466. The van der Waals surface area contributed by atoms with Crippen LogP contribution in [-0.2, 0) is 0 Å². The maximum absolute atomic E-state index is 5.14. The van der Waals surface area contributed by atoms with Crippen molar-refractivity contribution in [3.8, 4) is 12.3 Å². The van der Waals surface area contributed by atoms with Crippen molar-refractivity contribution >= 4 is 33.3 Å². The van der Waals surface area contributed by atoms with Gasteiger partial charge in [-0.15, -0.1) is 17.8 Å². The van der Waals surface area contributed by atoms with Crippen LogP contribution in [0.3, 0.4) is 0 Å². The number of para-hydroxylation sites is 1. The minimum Gasteiger partial charge on any atom is -0.305 e. The summed E-state index contributed by atoms with van der Waals surface area (Å²) in [7, 11) is 0. The van der Waals surface area contributed by atoms with Crippen molar-refractivity contribution in [2.45, 2.75) is 4.34 Å². The smallest absolute Gasteiger partial charge is 0.151 e. The Balaban J connectivity index is 1.88. The second-order valence-corrected chi connectivity index (χ2v) is 5.55. The Morgan fingerprint density at radius 3 is 3.12 bits per heavy atom. The lowest BCUT2D eigenvalue weighted by molar-refractivity contribution is 0.818. The average Bonchev–Trinajstić information content (AvgIpc) is 2.71. The number of nitrogens with one attached hydrogen (secondary N) is 1. The molecule has 2 nitrogen and oxygen atoms in total. The molecule has 2 aromatic rings. The molecular weight excluding hydrogens is 236 g/mol. The number of aromatic nitrogens is 1. The van der Waals surface area contributed by atoms with Gasteiger partial charge in [-0.2, -0.15) is 0 Å². The number of fused-ring (bicyclic) bond motifs is 1. The highest BCUT2D eigenvalue weighted by atomic mass is 32.2. The Labute approximate surface area is 103 Å². The lowest BCUT2D eigenvalue weighted by atomic mass is 10.3. The van der Waals surface area contributed by atoms with E-state index in [0.29, 0.717) is 6.54 Å². The monoisotopic (exact) mass is 248 g/mol. The van der Waals surface area contributed by atoms with E-state index in [1.807, 2.05) is 18.2 Å². The zero-order valence-electron chi connectivity index (χ0n) is 8.77. The highest BCUT2D eigenvalue weighted by Crippen LogP contribution is 2.28. The van der Waals surface area contributed by atoms with Gasteiger partial charge < -0.3 is 5.32 Å². The molecule has 0 amide bonds. The van der Waals surface area contributed by atoms with E-state index in [1.165, 1.54) is 4.70 Å². The van der Waals surface area contributed by atoms with Crippen molar-refractivity contribution in [3.63, 3.8) is 0 Å². The van der Waals surface area contributed by atoms with Crippen LogP contribution in [0, 0.1) is 12.3 Å². The first kappa shape index (κ1) is 11.5. The third-order valence-corrected chi connectivity index (χ3v) is 4.19. The van der Waals surface area contributed by atoms with E-state index in [9.17, 15) is 0 Å². The van der Waals surface area contributed by atoms with E-state index in [2.05, 4.69) is 22.3 Å². The van der Waals surface area contributed by atoms with E-state index < -0.39 is 0 Å². The number of thioether (sulfide) groups is 1. The van der Waals surface area contributed by atoms with E-state index in [0.717, 1.165) is 22.2 Å². The summed E-state index contributed by atoms with van der Waals surface area (Å²) >= 11 is 3.52. The molecule has 4 heteroatoms. The minimum atomic E-state index is 0.639. The molecule has 82 valence electrons. The van der Waals surface area contributed by atoms with Crippen LogP contribution in [0.2, 0.25) is 0 Å². The number of hydrogen-bond acceptors (Lipinski definition) is 4. The van der Waals surface area contributed by atoms with Crippen molar-refractivity contribution in [3.05, 3.63) is 24.3 Å². The summed E-state index contributed by atoms with van der Waals surface area (Å²) in [4.78, 5) is 4.54. The van der Waals surface area contributed by atoms with Gasteiger partial charge in [-0.25, -0.2) is 4.98 Å². The molecule has 1 N–H and O–H groups in total. The molecule has 1 heterocycles. The molecule has 1 aromatic heterocycles. The average molecular weight is 248 g/mol. The second-order valence-electron chi connectivity index (χ2n) is 3.18. The molecule has 0 spiro atoms. The molecule has 0 aliphatic carbocycles. The van der Waals surface area contributed by atoms with Gasteiger partial charge in [-0.3, -0.25) is 0 Å². The Morgan fingerprint density at radius 1 is 1.44 bits per heavy atom. The molecule has 0 saturated heterocycles. The summed E-state index contributed by atoms with van der Waals surface area (Å²) in [6, 6.07) is 8.22. The van der Waals surface area contributed by atoms with Gasteiger partial charge in [0.05, 0.1) is 16.8 Å². The first-order valence-electron chi connectivity index (χ1n) is 5.02. The zero-order chi connectivity index (χ0) is 11.2.